The number of rotatable bonds is 2. The summed E-state index contributed by atoms with van der Waals surface area (Å²) in [7, 11) is 0. The molecule has 0 spiro atoms. The van der Waals surface area contributed by atoms with Crippen LogP contribution in [0.25, 0.3) is 0 Å². The van der Waals surface area contributed by atoms with Crippen molar-refractivity contribution in [2.24, 2.45) is 4.99 Å². The lowest BCUT2D eigenvalue weighted by molar-refractivity contribution is 0.934. The highest BCUT2D eigenvalue weighted by Gasteiger charge is 2.13. The van der Waals surface area contributed by atoms with Gasteiger partial charge in [-0.2, -0.15) is 0 Å². The van der Waals surface area contributed by atoms with E-state index in [0.717, 1.165) is 19.4 Å². The van der Waals surface area contributed by atoms with Crippen LogP contribution in [-0.4, -0.2) is 12.3 Å². The van der Waals surface area contributed by atoms with Gasteiger partial charge >= 0.3 is 0 Å². The number of aliphatic imine (C=N–C) groups is 1. The standard InChI is InChI=1S/C16H15N/c1-2-6-13(7-3-1)12-16-15-9-5-4-8-14(15)10-11-17-16/h1-9H,10-12H2. The second-order valence-electron chi connectivity index (χ2n) is 4.40. The summed E-state index contributed by atoms with van der Waals surface area (Å²) in [5.74, 6) is 0. The third-order valence-corrected chi connectivity index (χ3v) is 3.23. The Balaban J connectivity index is 1.92. The van der Waals surface area contributed by atoms with E-state index < -0.39 is 0 Å². The molecule has 1 aliphatic heterocycles. The number of hydrogen-bond donors (Lipinski definition) is 0. The fourth-order valence-corrected chi connectivity index (χ4v) is 2.36. The van der Waals surface area contributed by atoms with Crippen molar-refractivity contribution in [1.82, 2.24) is 0 Å². The molecule has 0 fully saturated rings. The average Bonchev–Trinajstić information content (AvgIpc) is 2.40. The van der Waals surface area contributed by atoms with Crippen LogP contribution in [0.4, 0.5) is 0 Å². The minimum Gasteiger partial charge on any atom is -0.288 e. The van der Waals surface area contributed by atoms with Gasteiger partial charge in [-0.1, -0.05) is 54.6 Å². The fraction of sp³-hybridized carbons (Fsp3) is 0.188. The predicted octanol–water partition coefficient (Wildman–Crippen LogP) is 3.27. The number of hydrogen-bond acceptors (Lipinski definition) is 1. The first-order valence-electron chi connectivity index (χ1n) is 6.09. The average molecular weight is 221 g/mol. The molecule has 0 aliphatic carbocycles. The molecule has 2 aromatic rings. The van der Waals surface area contributed by atoms with Gasteiger partial charge in [-0.05, 0) is 23.1 Å². The highest BCUT2D eigenvalue weighted by molar-refractivity contribution is 6.03. The smallest absolute Gasteiger partial charge is 0.0467 e. The second kappa shape index (κ2) is 4.54. The highest BCUT2D eigenvalue weighted by atomic mass is 14.7. The summed E-state index contributed by atoms with van der Waals surface area (Å²) in [6, 6.07) is 19.2. The molecule has 0 radical (unpaired) electrons. The van der Waals surface area contributed by atoms with E-state index in [9.17, 15) is 0 Å². The Hall–Kier alpha value is -1.89. The van der Waals surface area contributed by atoms with Gasteiger partial charge in [0.25, 0.3) is 0 Å². The molecule has 0 unspecified atom stereocenters. The molecule has 84 valence electrons. The molecule has 2 aromatic carbocycles. The van der Waals surface area contributed by atoms with Gasteiger partial charge < -0.3 is 0 Å². The van der Waals surface area contributed by atoms with E-state index in [2.05, 4.69) is 59.6 Å². The summed E-state index contributed by atoms with van der Waals surface area (Å²) in [6.07, 6.45) is 2.02. The first-order valence-corrected chi connectivity index (χ1v) is 6.09. The first-order chi connectivity index (χ1) is 8.43. The second-order valence-corrected chi connectivity index (χ2v) is 4.40. The van der Waals surface area contributed by atoms with E-state index in [1.54, 1.807) is 0 Å². The lowest BCUT2D eigenvalue weighted by atomic mass is 9.94. The van der Waals surface area contributed by atoms with Crippen molar-refractivity contribution in [3.8, 4) is 0 Å². The normalized spacial score (nSPS) is 14.0. The zero-order valence-corrected chi connectivity index (χ0v) is 9.76. The van der Waals surface area contributed by atoms with Gasteiger partial charge in [-0.15, -0.1) is 0 Å². The maximum Gasteiger partial charge on any atom is 0.0467 e. The maximum atomic E-state index is 4.68. The quantitative estimate of drug-likeness (QED) is 0.738. The van der Waals surface area contributed by atoms with Gasteiger partial charge in [-0.25, -0.2) is 0 Å². The monoisotopic (exact) mass is 221 g/mol. The molecule has 0 aromatic heterocycles. The summed E-state index contributed by atoms with van der Waals surface area (Å²) in [6.45, 7) is 0.930. The van der Waals surface area contributed by atoms with E-state index in [4.69, 9.17) is 0 Å². The zero-order chi connectivity index (χ0) is 11.5. The summed E-state index contributed by atoms with van der Waals surface area (Å²) in [5, 5.41) is 0. The topological polar surface area (TPSA) is 12.4 Å². The Morgan fingerprint density at radius 1 is 0.882 bits per heavy atom. The van der Waals surface area contributed by atoms with Crippen LogP contribution in [-0.2, 0) is 12.8 Å². The maximum absolute atomic E-state index is 4.68. The van der Waals surface area contributed by atoms with Crippen LogP contribution in [0, 0.1) is 0 Å². The molecular formula is C16H15N. The molecular weight excluding hydrogens is 206 g/mol. The number of fused-ring (bicyclic) bond motifs is 1. The van der Waals surface area contributed by atoms with E-state index >= 15 is 0 Å². The van der Waals surface area contributed by atoms with Gasteiger partial charge in [0.05, 0.1) is 0 Å². The number of nitrogens with zero attached hydrogens (tertiary/aromatic N) is 1. The van der Waals surface area contributed by atoms with Crippen molar-refractivity contribution < 1.29 is 0 Å². The Kier molecular flexibility index (Phi) is 2.74. The van der Waals surface area contributed by atoms with Crippen molar-refractivity contribution >= 4 is 5.71 Å². The van der Waals surface area contributed by atoms with Crippen molar-refractivity contribution in [3.63, 3.8) is 0 Å². The van der Waals surface area contributed by atoms with Gasteiger partial charge in [0.1, 0.15) is 0 Å². The summed E-state index contributed by atoms with van der Waals surface area (Å²) >= 11 is 0. The Bertz CT molecular complexity index is 540. The summed E-state index contributed by atoms with van der Waals surface area (Å²) < 4.78 is 0. The van der Waals surface area contributed by atoms with Gasteiger partial charge in [0, 0.05) is 18.7 Å². The molecule has 0 atom stereocenters. The molecule has 1 aliphatic rings. The molecule has 0 saturated carbocycles. The Morgan fingerprint density at radius 3 is 2.53 bits per heavy atom. The Morgan fingerprint density at radius 2 is 1.65 bits per heavy atom. The molecule has 17 heavy (non-hydrogen) atoms. The molecule has 0 saturated heterocycles. The van der Waals surface area contributed by atoms with E-state index in [-0.39, 0.29) is 0 Å². The van der Waals surface area contributed by atoms with Crippen LogP contribution in [0.2, 0.25) is 0 Å². The Labute approximate surface area is 102 Å². The van der Waals surface area contributed by atoms with Crippen LogP contribution in [0.1, 0.15) is 16.7 Å². The minimum absolute atomic E-state index is 0.930. The largest absolute Gasteiger partial charge is 0.288 e. The first kappa shape index (κ1) is 10.3. The highest BCUT2D eigenvalue weighted by Crippen LogP contribution is 2.18. The fourth-order valence-electron chi connectivity index (χ4n) is 2.36. The van der Waals surface area contributed by atoms with Crippen molar-refractivity contribution in [2.75, 3.05) is 6.54 Å². The molecule has 0 bridgehead atoms. The molecule has 1 nitrogen and oxygen atoms in total. The summed E-state index contributed by atoms with van der Waals surface area (Å²) in [4.78, 5) is 4.68. The van der Waals surface area contributed by atoms with Gasteiger partial charge in [0.15, 0.2) is 0 Å². The summed E-state index contributed by atoms with van der Waals surface area (Å²) in [5.41, 5.74) is 5.34. The van der Waals surface area contributed by atoms with Gasteiger partial charge in [0.2, 0.25) is 0 Å². The van der Waals surface area contributed by atoms with Crippen LogP contribution >= 0.6 is 0 Å². The zero-order valence-electron chi connectivity index (χ0n) is 9.76. The third kappa shape index (κ3) is 2.14. The van der Waals surface area contributed by atoms with Crippen LogP contribution in [0.3, 0.4) is 0 Å². The van der Waals surface area contributed by atoms with Crippen LogP contribution < -0.4 is 0 Å². The lowest BCUT2D eigenvalue weighted by Crippen LogP contribution is -2.14. The molecule has 0 N–H and O–H groups in total. The van der Waals surface area contributed by atoms with Crippen molar-refractivity contribution in [2.45, 2.75) is 12.8 Å². The predicted molar refractivity (Wildman–Crippen MR) is 71.7 cm³/mol. The van der Waals surface area contributed by atoms with Crippen molar-refractivity contribution in [1.29, 1.82) is 0 Å². The third-order valence-electron chi connectivity index (χ3n) is 3.23. The molecule has 1 heterocycles. The van der Waals surface area contributed by atoms with Gasteiger partial charge in [-0.3, -0.25) is 4.99 Å². The van der Waals surface area contributed by atoms with Crippen LogP contribution in [0.5, 0.6) is 0 Å². The number of benzene rings is 2. The molecule has 0 amide bonds. The van der Waals surface area contributed by atoms with E-state index in [1.807, 2.05) is 0 Å². The van der Waals surface area contributed by atoms with E-state index in [0.29, 0.717) is 0 Å². The van der Waals surface area contributed by atoms with Crippen molar-refractivity contribution in [3.05, 3.63) is 71.3 Å². The molecule has 3 rings (SSSR count). The minimum atomic E-state index is 0.930. The lowest BCUT2D eigenvalue weighted by Gasteiger charge is -2.16. The van der Waals surface area contributed by atoms with E-state index in [1.165, 1.54) is 22.4 Å². The molecule has 1 heteroatoms. The van der Waals surface area contributed by atoms with Crippen LogP contribution in [0.15, 0.2) is 59.6 Å². The SMILES string of the molecule is c1ccc(CC2=NCCc3ccccc32)cc1.